The minimum Gasteiger partial charge on any atom is -0.480 e. The second-order valence-corrected chi connectivity index (χ2v) is 11.2. The molecule has 0 unspecified atom stereocenters. The summed E-state index contributed by atoms with van der Waals surface area (Å²) in [5, 5.41) is 41.2. The van der Waals surface area contributed by atoms with Gasteiger partial charge in [-0.25, -0.2) is 9.59 Å². The minimum atomic E-state index is -1.73. The molecule has 0 spiro atoms. The minimum absolute atomic E-state index is 0.0737. The molecular formula is C27H45N7O12. The number of nitrogens with one attached hydrogen (secondary N) is 6. The Hall–Kier alpha value is -4.81. The van der Waals surface area contributed by atoms with Crippen LogP contribution in [0.15, 0.2) is 0 Å². The van der Waals surface area contributed by atoms with E-state index in [4.69, 9.17) is 10.8 Å². The first kappa shape index (κ1) is 41.2. The highest BCUT2D eigenvalue weighted by atomic mass is 16.4. The fraction of sp³-hybridized carbons (Fsp3) is 0.667. The summed E-state index contributed by atoms with van der Waals surface area (Å²) in [5.74, 6) is -9.46. The van der Waals surface area contributed by atoms with Crippen molar-refractivity contribution in [1.82, 2.24) is 31.9 Å². The number of carbonyl (C=O) groups excluding carboxylic acids is 6. The van der Waals surface area contributed by atoms with E-state index < -0.39 is 108 Å². The number of aliphatic carboxylic acids is 3. The Morgan fingerprint density at radius 3 is 1.46 bits per heavy atom. The van der Waals surface area contributed by atoms with E-state index in [-0.39, 0.29) is 18.8 Å². The van der Waals surface area contributed by atoms with E-state index in [1.54, 1.807) is 13.8 Å². The summed E-state index contributed by atoms with van der Waals surface area (Å²) in [6, 6.07) is -9.16. The average molecular weight is 660 g/mol. The first-order valence-corrected chi connectivity index (χ1v) is 14.4. The van der Waals surface area contributed by atoms with Gasteiger partial charge in [-0.05, 0) is 46.5 Å². The van der Waals surface area contributed by atoms with E-state index in [0.717, 1.165) is 0 Å². The van der Waals surface area contributed by atoms with Crippen LogP contribution in [0.3, 0.4) is 0 Å². The number of nitrogens with two attached hydrogens (primary N) is 1. The molecule has 19 heteroatoms. The third-order valence-electron chi connectivity index (χ3n) is 6.30. The Kier molecular flexibility index (Phi) is 17.5. The second-order valence-electron chi connectivity index (χ2n) is 11.2. The van der Waals surface area contributed by atoms with Gasteiger partial charge in [0, 0.05) is 6.42 Å². The summed E-state index contributed by atoms with van der Waals surface area (Å²) >= 11 is 0. The molecular weight excluding hydrogens is 614 g/mol. The van der Waals surface area contributed by atoms with Crippen LogP contribution in [0.25, 0.3) is 0 Å². The van der Waals surface area contributed by atoms with Gasteiger partial charge in [0.05, 0.1) is 12.5 Å². The number of carboxylic acid groups (broad SMARTS) is 3. The molecule has 0 aliphatic rings. The van der Waals surface area contributed by atoms with Gasteiger partial charge >= 0.3 is 17.9 Å². The standard InChI is InChI=1S/C27H45N7O12/c1-11(2)9-17(33-21(37)12(3)28)24(40)34-18(27(45)46)10-20(36)29-13(4)22(38)31-14(5)23(39)32-16(26(43)44)7-8-19(35)30-15(6)25(41)42/h11-18H,7-10,28H2,1-6H3,(H,29,36)(H,30,35)(H,31,38)(H,32,39)(H,33,37)(H,34,40)(H,41,42)(H,43,44)(H,45,46)/t12-,13+,14+,15+,16+,17+,18+/m1/s1. The quantitative estimate of drug-likeness (QED) is 0.0615. The number of hydrogen-bond donors (Lipinski definition) is 10. The molecule has 0 radical (unpaired) electrons. The van der Waals surface area contributed by atoms with Crippen LogP contribution in [0.2, 0.25) is 0 Å². The van der Waals surface area contributed by atoms with Crippen LogP contribution in [0, 0.1) is 5.92 Å². The van der Waals surface area contributed by atoms with Gasteiger partial charge in [0.15, 0.2) is 0 Å². The van der Waals surface area contributed by atoms with Crippen molar-refractivity contribution in [2.75, 3.05) is 0 Å². The van der Waals surface area contributed by atoms with Crippen molar-refractivity contribution in [2.45, 2.75) is 110 Å². The highest BCUT2D eigenvalue weighted by molar-refractivity contribution is 5.95. The topological polar surface area (TPSA) is 313 Å². The van der Waals surface area contributed by atoms with Crippen molar-refractivity contribution in [2.24, 2.45) is 11.7 Å². The summed E-state index contributed by atoms with van der Waals surface area (Å²) in [4.78, 5) is 108. The number of hydrogen-bond acceptors (Lipinski definition) is 10. The van der Waals surface area contributed by atoms with E-state index in [2.05, 4.69) is 31.9 Å². The monoisotopic (exact) mass is 659 g/mol. The van der Waals surface area contributed by atoms with Gasteiger partial charge in [0.1, 0.15) is 36.3 Å². The SMILES string of the molecule is CC(C)C[C@H](NC(=O)[C@@H](C)N)C(=O)N[C@@H](CC(=O)N[C@@H](C)C(=O)N[C@@H](C)C(=O)N[C@@H](CCC(=O)N[C@@H](C)C(=O)O)C(=O)O)C(=O)O. The van der Waals surface area contributed by atoms with Gasteiger partial charge in [-0.2, -0.15) is 0 Å². The summed E-state index contributed by atoms with van der Waals surface area (Å²) in [7, 11) is 0. The zero-order valence-electron chi connectivity index (χ0n) is 26.5. The maximum Gasteiger partial charge on any atom is 0.326 e. The van der Waals surface area contributed by atoms with Gasteiger partial charge in [-0.3, -0.25) is 33.6 Å². The van der Waals surface area contributed by atoms with Gasteiger partial charge in [-0.1, -0.05) is 13.8 Å². The second kappa shape index (κ2) is 19.6. The Labute approximate surface area is 265 Å². The summed E-state index contributed by atoms with van der Waals surface area (Å²) in [6.45, 7) is 8.61. The van der Waals surface area contributed by atoms with E-state index in [1.165, 1.54) is 27.7 Å². The fourth-order valence-corrected chi connectivity index (χ4v) is 3.64. The molecule has 0 bridgehead atoms. The highest BCUT2D eigenvalue weighted by Gasteiger charge is 2.31. The lowest BCUT2D eigenvalue weighted by Gasteiger charge is -2.24. The van der Waals surface area contributed by atoms with Crippen molar-refractivity contribution in [3.8, 4) is 0 Å². The first-order valence-electron chi connectivity index (χ1n) is 14.4. The third kappa shape index (κ3) is 15.8. The molecule has 0 saturated heterocycles. The molecule has 46 heavy (non-hydrogen) atoms. The van der Waals surface area contributed by atoms with E-state index in [9.17, 15) is 53.4 Å². The van der Waals surface area contributed by atoms with Crippen LogP contribution in [-0.4, -0.2) is 111 Å². The van der Waals surface area contributed by atoms with Crippen molar-refractivity contribution < 1.29 is 58.5 Å². The molecule has 19 nitrogen and oxygen atoms in total. The van der Waals surface area contributed by atoms with E-state index in [0.29, 0.717) is 0 Å². The van der Waals surface area contributed by atoms with Crippen LogP contribution in [0.4, 0.5) is 0 Å². The van der Waals surface area contributed by atoms with Crippen LogP contribution >= 0.6 is 0 Å². The van der Waals surface area contributed by atoms with Crippen LogP contribution < -0.4 is 37.6 Å². The number of carboxylic acids is 3. The molecule has 0 aliphatic carbocycles. The molecule has 0 saturated carbocycles. The Morgan fingerprint density at radius 1 is 0.522 bits per heavy atom. The van der Waals surface area contributed by atoms with Gasteiger partial charge in [0.25, 0.3) is 0 Å². The van der Waals surface area contributed by atoms with Crippen molar-refractivity contribution in [1.29, 1.82) is 0 Å². The molecule has 0 heterocycles. The number of amides is 6. The predicted molar refractivity (Wildman–Crippen MR) is 158 cm³/mol. The summed E-state index contributed by atoms with van der Waals surface area (Å²) in [5.41, 5.74) is 5.53. The largest absolute Gasteiger partial charge is 0.480 e. The lowest BCUT2D eigenvalue weighted by atomic mass is 10.0. The first-order chi connectivity index (χ1) is 21.2. The molecule has 0 aromatic carbocycles. The molecule has 6 amide bonds. The van der Waals surface area contributed by atoms with Gasteiger partial charge in [-0.15, -0.1) is 0 Å². The molecule has 0 rings (SSSR count). The lowest BCUT2D eigenvalue weighted by Crippen LogP contribution is -2.56. The summed E-state index contributed by atoms with van der Waals surface area (Å²) < 4.78 is 0. The van der Waals surface area contributed by atoms with E-state index >= 15 is 0 Å². The van der Waals surface area contributed by atoms with Gasteiger partial charge < -0.3 is 53.0 Å². The Bertz CT molecular complexity index is 1160. The average Bonchev–Trinajstić information content (AvgIpc) is 2.93. The van der Waals surface area contributed by atoms with Crippen molar-refractivity contribution >= 4 is 53.4 Å². The number of rotatable bonds is 20. The fourth-order valence-electron chi connectivity index (χ4n) is 3.64. The van der Waals surface area contributed by atoms with E-state index in [1.807, 2.05) is 0 Å². The normalized spacial score (nSPS) is 15.4. The van der Waals surface area contributed by atoms with Gasteiger partial charge in [0.2, 0.25) is 35.4 Å². The molecule has 7 atom stereocenters. The van der Waals surface area contributed by atoms with Crippen LogP contribution in [-0.2, 0) is 43.2 Å². The number of carbonyl (C=O) groups is 9. The maximum absolute atomic E-state index is 12.8. The molecule has 0 aliphatic heterocycles. The summed E-state index contributed by atoms with van der Waals surface area (Å²) in [6.07, 6.45) is -1.44. The lowest BCUT2D eigenvalue weighted by molar-refractivity contribution is -0.144. The smallest absolute Gasteiger partial charge is 0.326 e. The molecule has 0 aromatic rings. The Morgan fingerprint density at radius 2 is 0.978 bits per heavy atom. The van der Waals surface area contributed by atoms with Crippen LogP contribution in [0.1, 0.15) is 67.2 Å². The highest BCUT2D eigenvalue weighted by Crippen LogP contribution is 2.07. The predicted octanol–water partition coefficient (Wildman–Crippen LogP) is -3.23. The maximum atomic E-state index is 12.8. The molecule has 0 aromatic heterocycles. The van der Waals surface area contributed by atoms with Crippen molar-refractivity contribution in [3.05, 3.63) is 0 Å². The molecule has 11 N–H and O–H groups in total. The molecule has 260 valence electrons. The third-order valence-corrected chi connectivity index (χ3v) is 6.30. The zero-order valence-corrected chi connectivity index (χ0v) is 26.5. The van der Waals surface area contributed by atoms with Crippen LogP contribution in [0.5, 0.6) is 0 Å². The zero-order chi connectivity index (χ0) is 35.9. The molecule has 0 fully saturated rings. The Balaban J connectivity index is 5.15. The van der Waals surface area contributed by atoms with Crippen molar-refractivity contribution in [3.63, 3.8) is 0 Å².